The lowest BCUT2D eigenvalue weighted by molar-refractivity contribution is -0.142. The van der Waals surface area contributed by atoms with Crippen molar-refractivity contribution < 1.29 is 9.53 Å². The number of ether oxygens (including phenoxy) is 1. The van der Waals surface area contributed by atoms with Crippen molar-refractivity contribution >= 4 is 11.7 Å². The van der Waals surface area contributed by atoms with Crippen molar-refractivity contribution in [3.05, 3.63) is 65.7 Å². The third-order valence-electron chi connectivity index (χ3n) is 4.00. The van der Waals surface area contributed by atoms with E-state index in [9.17, 15) is 4.79 Å². The summed E-state index contributed by atoms with van der Waals surface area (Å²) in [5.41, 5.74) is 3.41. The van der Waals surface area contributed by atoms with Crippen molar-refractivity contribution in [3.63, 3.8) is 0 Å². The van der Waals surface area contributed by atoms with Gasteiger partial charge >= 0.3 is 5.97 Å². The van der Waals surface area contributed by atoms with Gasteiger partial charge in [-0.25, -0.2) is 4.79 Å². The third-order valence-corrected chi connectivity index (χ3v) is 4.00. The zero-order valence-electron chi connectivity index (χ0n) is 12.2. The highest BCUT2D eigenvalue weighted by Gasteiger charge is 2.31. The molecule has 1 atom stereocenters. The zero-order chi connectivity index (χ0) is 14.7. The van der Waals surface area contributed by atoms with Gasteiger partial charge in [-0.1, -0.05) is 48.5 Å². The summed E-state index contributed by atoms with van der Waals surface area (Å²) in [6.45, 7) is 0.867. The predicted molar refractivity (Wildman–Crippen MR) is 83.3 cm³/mol. The minimum Gasteiger partial charge on any atom is -0.467 e. The predicted octanol–water partition coefficient (Wildman–Crippen LogP) is 3.35. The number of esters is 1. The summed E-state index contributed by atoms with van der Waals surface area (Å²) >= 11 is 0. The Kier molecular flexibility index (Phi) is 3.91. The molecule has 0 aliphatic carbocycles. The molecule has 0 saturated heterocycles. The summed E-state index contributed by atoms with van der Waals surface area (Å²) in [6, 6.07) is 17.8. The summed E-state index contributed by atoms with van der Waals surface area (Å²) in [6.07, 6.45) is 2.12. The summed E-state index contributed by atoms with van der Waals surface area (Å²) < 4.78 is 5.05. The van der Waals surface area contributed by atoms with E-state index in [0.29, 0.717) is 0 Å². The van der Waals surface area contributed by atoms with E-state index in [4.69, 9.17) is 4.74 Å². The Labute approximate surface area is 125 Å². The van der Waals surface area contributed by atoms with E-state index in [-0.39, 0.29) is 12.0 Å². The minimum atomic E-state index is -0.377. The molecular formula is C18H19NO2. The van der Waals surface area contributed by atoms with Crippen molar-refractivity contribution in [3.8, 4) is 0 Å². The lowest BCUT2D eigenvalue weighted by Gasteiger charge is -2.36. The molecule has 0 N–H and O–H groups in total. The number of nitrogens with zero attached hydrogens (tertiary/aromatic N) is 1. The summed E-state index contributed by atoms with van der Waals surface area (Å²) in [5, 5.41) is 0. The molecule has 0 amide bonds. The van der Waals surface area contributed by atoms with Crippen LogP contribution in [0.4, 0.5) is 5.69 Å². The van der Waals surface area contributed by atoms with Crippen molar-refractivity contribution in [2.45, 2.75) is 18.9 Å². The van der Waals surface area contributed by atoms with Crippen LogP contribution in [0.5, 0.6) is 0 Å². The molecule has 0 spiro atoms. The SMILES string of the molecule is COC(=O)[C@@H](c1ccccc1)N1CCCc2ccccc21. The van der Waals surface area contributed by atoms with Crippen LogP contribution < -0.4 is 4.90 Å². The molecule has 108 valence electrons. The maximum Gasteiger partial charge on any atom is 0.333 e. The average molecular weight is 281 g/mol. The number of aryl methyl sites for hydroxylation is 1. The highest BCUT2D eigenvalue weighted by Crippen LogP contribution is 2.34. The molecule has 0 fully saturated rings. The highest BCUT2D eigenvalue weighted by molar-refractivity contribution is 5.82. The van der Waals surface area contributed by atoms with Gasteiger partial charge in [0.15, 0.2) is 6.04 Å². The number of fused-ring (bicyclic) bond motifs is 1. The van der Waals surface area contributed by atoms with Crippen molar-refractivity contribution in [2.24, 2.45) is 0 Å². The largest absolute Gasteiger partial charge is 0.467 e. The van der Waals surface area contributed by atoms with Gasteiger partial charge in [0.05, 0.1) is 7.11 Å². The first-order valence-electron chi connectivity index (χ1n) is 7.28. The fourth-order valence-electron chi connectivity index (χ4n) is 3.02. The number of methoxy groups -OCH3 is 1. The molecule has 2 aromatic carbocycles. The van der Waals surface area contributed by atoms with Crippen molar-refractivity contribution in [1.29, 1.82) is 0 Å². The molecule has 0 saturated carbocycles. The van der Waals surface area contributed by atoms with Crippen molar-refractivity contribution in [1.82, 2.24) is 0 Å². The maximum atomic E-state index is 12.4. The van der Waals surface area contributed by atoms with Gasteiger partial charge in [0.25, 0.3) is 0 Å². The Bertz CT molecular complexity index is 624. The Balaban J connectivity index is 2.04. The van der Waals surface area contributed by atoms with E-state index in [1.54, 1.807) is 0 Å². The van der Waals surface area contributed by atoms with Crippen LogP contribution in [0.25, 0.3) is 0 Å². The van der Waals surface area contributed by atoms with E-state index < -0.39 is 0 Å². The number of para-hydroxylation sites is 1. The lowest BCUT2D eigenvalue weighted by Crippen LogP contribution is -2.38. The second-order valence-electron chi connectivity index (χ2n) is 5.26. The Morgan fingerprint density at radius 2 is 1.81 bits per heavy atom. The monoisotopic (exact) mass is 281 g/mol. The number of hydrogen-bond acceptors (Lipinski definition) is 3. The molecule has 3 heteroatoms. The maximum absolute atomic E-state index is 12.4. The molecule has 2 aromatic rings. The van der Waals surface area contributed by atoms with Crippen LogP contribution in [0.1, 0.15) is 23.6 Å². The van der Waals surface area contributed by atoms with Crippen LogP contribution in [-0.4, -0.2) is 19.6 Å². The highest BCUT2D eigenvalue weighted by atomic mass is 16.5. The molecule has 3 rings (SSSR count). The number of rotatable bonds is 3. The first kappa shape index (κ1) is 13.7. The Morgan fingerprint density at radius 3 is 2.57 bits per heavy atom. The van der Waals surface area contributed by atoms with Crippen LogP contribution in [0.15, 0.2) is 54.6 Å². The van der Waals surface area contributed by atoms with Gasteiger partial charge in [-0.05, 0) is 30.0 Å². The number of benzene rings is 2. The molecular weight excluding hydrogens is 262 g/mol. The van der Waals surface area contributed by atoms with Gasteiger partial charge in [-0.3, -0.25) is 0 Å². The molecule has 1 aliphatic heterocycles. The number of carbonyl (C=O) groups excluding carboxylic acids is 1. The number of anilines is 1. The van der Waals surface area contributed by atoms with Crippen molar-refractivity contribution in [2.75, 3.05) is 18.6 Å². The van der Waals surface area contributed by atoms with Crippen LogP contribution in [0.2, 0.25) is 0 Å². The third kappa shape index (κ3) is 2.64. The molecule has 0 unspecified atom stereocenters. The Morgan fingerprint density at radius 1 is 1.10 bits per heavy atom. The lowest BCUT2D eigenvalue weighted by atomic mass is 9.97. The zero-order valence-corrected chi connectivity index (χ0v) is 12.2. The van der Waals surface area contributed by atoms with E-state index in [0.717, 1.165) is 30.6 Å². The van der Waals surface area contributed by atoms with Gasteiger partial charge < -0.3 is 9.64 Å². The smallest absolute Gasteiger partial charge is 0.333 e. The van der Waals surface area contributed by atoms with Gasteiger partial charge in [0.2, 0.25) is 0 Å². The molecule has 3 nitrogen and oxygen atoms in total. The fourth-order valence-corrected chi connectivity index (χ4v) is 3.02. The van der Waals surface area contributed by atoms with E-state index in [2.05, 4.69) is 23.1 Å². The van der Waals surface area contributed by atoms with E-state index >= 15 is 0 Å². The first-order valence-corrected chi connectivity index (χ1v) is 7.28. The van der Waals surface area contributed by atoms with Crippen LogP contribution in [0.3, 0.4) is 0 Å². The molecule has 1 heterocycles. The minimum absolute atomic E-state index is 0.210. The van der Waals surface area contributed by atoms with Gasteiger partial charge in [0.1, 0.15) is 0 Å². The second-order valence-corrected chi connectivity index (χ2v) is 5.26. The molecule has 0 bridgehead atoms. The van der Waals surface area contributed by atoms with Crippen LogP contribution in [0, 0.1) is 0 Å². The normalized spacial score (nSPS) is 15.2. The second kappa shape index (κ2) is 6.00. The topological polar surface area (TPSA) is 29.5 Å². The van der Waals surface area contributed by atoms with Gasteiger partial charge in [-0.15, -0.1) is 0 Å². The van der Waals surface area contributed by atoms with Crippen LogP contribution >= 0.6 is 0 Å². The van der Waals surface area contributed by atoms with E-state index in [1.165, 1.54) is 12.7 Å². The Hall–Kier alpha value is -2.29. The quantitative estimate of drug-likeness (QED) is 0.808. The molecule has 1 aliphatic rings. The average Bonchev–Trinajstić information content (AvgIpc) is 2.56. The standard InChI is InChI=1S/C18H19NO2/c1-21-18(20)17(15-9-3-2-4-10-15)19-13-7-11-14-8-5-6-12-16(14)19/h2-6,8-10,12,17H,7,11,13H2,1H3/t17-/m1/s1. The summed E-state index contributed by atoms with van der Waals surface area (Å²) in [5.74, 6) is -0.210. The summed E-state index contributed by atoms with van der Waals surface area (Å²) in [7, 11) is 1.45. The number of carbonyl (C=O) groups is 1. The van der Waals surface area contributed by atoms with E-state index in [1.807, 2.05) is 36.4 Å². The van der Waals surface area contributed by atoms with Crippen LogP contribution in [-0.2, 0) is 16.0 Å². The van der Waals surface area contributed by atoms with Gasteiger partial charge in [-0.2, -0.15) is 0 Å². The molecule has 21 heavy (non-hydrogen) atoms. The van der Waals surface area contributed by atoms with Gasteiger partial charge in [0, 0.05) is 12.2 Å². The number of hydrogen-bond donors (Lipinski definition) is 0. The first-order chi connectivity index (χ1) is 10.3. The fraction of sp³-hybridized carbons (Fsp3) is 0.278. The molecule has 0 radical (unpaired) electrons. The molecule has 0 aromatic heterocycles. The summed E-state index contributed by atoms with van der Waals surface area (Å²) in [4.78, 5) is 14.5.